The molecule has 3 N–H and O–H groups in total. The van der Waals surface area contributed by atoms with Crippen molar-refractivity contribution >= 4 is 42.1 Å². The molecule has 0 spiro atoms. The summed E-state index contributed by atoms with van der Waals surface area (Å²) in [6, 6.07) is 0. The van der Waals surface area contributed by atoms with Crippen LogP contribution in [0.4, 0.5) is 0 Å². The summed E-state index contributed by atoms with van der Waals surface area (Å²) in [7, 11) is 3.73. The molecule has 9 heteroatoms. The Morgan fingerprint density at radius 3 is 2.82 bits per heavy atom. The number of hydrogen-bond donors (Lipinski definition) is 2. The molecule has 6 nitrogen and oxygen atoms in total. The van der Waals surface area contributed by atoms with Crippen LogP contribution in [0.15, 0.2) is 5.38 Å². The quantitative estimate of drug-likeness (QED) is 0.602. The summed E-state index contributed by atoms with van der Waals surface area (Å²) >= 11 is 1.48. The maximum absolute atomic E-state index is 11.9. The number of aromatic nitrogens is 1. The van der Waals surface area contributed by atoms with Gasteiger partial charge in [0, 0.05) is 45.2 Å². The Bertz CT molecular complexity index is 407. The maximum atomic E-state index is 11.9. The van der Waals surface area contributed by atoms with E-state index in [9.17, 15) is 4.79 Å². The Labute approximate surface area is 148 Å². The van der Waals surface area contributed by atoms with Crippen molar-refractivity contribution in [2.75, 3.05) is 46.9 Å². The molecule has 0 aromatic carbocycles. The number of ether oxygens (including phenoxy) is 1. The number of likely N-dealkylation sites (N-methyl/N-ethyl adjacent to an activating group) is 1. The van der Waals surface area contributed by atoms with Gasteiger partial charge < -0.3 is 20.7 Å². The highest BCUT2D eigenvalue weighted by molar-refractivity contribution is 7.09. The van der Waals surface area contributed by atoms with Crippen LogP contribution in [0.5, 0.6) is 0 Å². The molecule has 0 aliphatic rings. The first-order valence-electron chi connectivity index (χ1n) is 6.77. The molecule has 130 valence electrons. The van der Waals surface area contributed by atoms with Crippen LogP contribution in [-0.2, 0) is 11.2 Å². The third kappa shape index (κ3) is 9.55. The zero-order valence-corrected chi connectivity index (χ0v) is 15.5. The fourth-order valence-electron chi connectivity index (χ4n) is 1.69. The van der Waals surface area contributed by atoms with E-state index in [0.29, 0.717) is 18.8 Å². The Hall–Kier alpha value is -0.440. The summed E-state index contributed by atoms with van der Waals surface area (Å²) in [4.78, 5) is 18.3. The molecule has 0 fully saturated rings. The van der Waals surface area contributed by atoms with Gasteiger partial charge >= 0.3 is 0 Å². The van der Waals surface area contributed by atoms with Gasteiger partial charge in [0.25, 0.3) is 5.91 Å². The summed E-state index contributed by atoms with van der Waals surface area (Å²) in [5.41, 5.74) is 5.95. The number of rotatable bonds is 10. The van der Waals surface area contributed by atoms with Gasteiger partial charge in [-0.2, -0.15) is 0 Å². The number of halogens is 2. The lowest BCUT2D eigenvalue weighted by Gasteiger charge is -2.16. The van der Waals surface area contributed by atoms with Crippen LogP contribution in [0, 0.1) is 0 Å². The molecule has 1 aromatic rings. The molecule has 0 aliphatic carbocycles. The molecule has 0 bridgehead atoms. The Balaban J connectivity index is 0. The first kappa shape index (κ1) is 23.8. The average Bonchev–Trinajstić information content (AvgIpc) is 2.88. The Kier molecular flexibility index (Phi) is 15.3. The molecule has 0 saturated heterocycles. The van der Waals surface area contributed by atoms with Gasteiger partial charge in [0.15, 0.2) is 0 Å². The zero-order chi connectivity index (χ0) is 14.8. The Morgan fingerprint density at radius 2 is 2.18 bits per heavy atom. The summed E-state index contributed by atoms with van der Waals surface area (Å²) in [5.74, 6) is -0.116. The number of amides is 1. The van der Waals surface area contributed by atoms with E-state index in [0.717, 1.165) is 37.5 Å². The first-order chi connectivity index (χ1) is 9.67. The third-order valence-electron chi connectivity index (χ3n) is 2.81. The minimum atomic E-state index is -0.116. The lowest BCUT2D eigenvalue weighted by Crippen LogP contribution is -2.33. The smallest absolute Gasteiger partial charge is 0.270 e. The maximum Gasteiger partial charge on any atom is 0.270 e. The van der Waals surface area contributed by atoms with Crippen LogP contribution in [0.1, 0.15) is 21.9 Å². The minimum Gasteiger partial charge on any atom is -0.385 e. The van der Waals surface area contributed by atoms with E-state index in [1.165, 1.54) is 11.3 Å². The first-order valence-corrected chi connectivity index (χ1v) is 7.65. The largest absolute Gasteiger partial charge is 0.385 e. The predicted octanol–water partition coefficient (Wildman–Crippen LogP) is 1.19. The van der Waals surface area contributed by atoms with Crippen molar-refractivity contribution in [3.8, 4) is 0 Å². The van der Waals surface area contributed by atoms with E-state index in [1.54, 1.807) is 12.5 Å². The molecule has 0 radical (unpaired) electrons. The van der Waals surface area contributed by atoms with Gasteiger partial charge in [0.2, 0.25) is 0 Å². The van der Waals surface area contributed by atoms with Crippen LogP contribution in [0.2, 0.25) is 0 Å². The van der Waals surface area contributed by atoms with Crippen molar-refractivity contribution in [3.05, 3.63) is 16.1 Å². The average molecular weight is 373 g/mol. The number of hydrogen-bond acceptors (Lipinski definition) is 6. The van der Waals surface area contributed by atoms with Crippen molar-refractivity contribution in [2.24, 2.45) is 5.73 Å². The van der Waals surface area contributed by atoms with Gasteiger partial charge in [-0.25, -0.2) is 4.98 Å². The number of nitrogens with two attached hydrogens (primary N) is 1. The van der Waals surface area contributed by atoms with Crippen LogP contribution in [0.25, 0.3) is 0 Å². The highest BCUT2D eigenvalue weighted by Crippen LogP contribution is 2.09. The van der Waals surface area contributed by atoms with Gasteiger partial charge in [-0.1, -0.05) is 0 Å². The van der Waals surface area contributed by atoms with Gasteiger partial charge in [-0.15, -0.1) is 36.2 Å². The summed E-state index contributed by atoms with van der Waals surface area (Å²) < 4.78 is 5.00. The second kappa shape index (κ2) is 14.2. The number of carbonyl (C=O) groups is 1. The second-order valence-corrected chi connectivity index (χ2v) is 5.51. The molecule has 22 heavy (non-hydrogen) atoms. The van der Waals surface area contributed by atoms with Gasteiger partial charge in [-0.05, 0) is 20.0 Å². The normalized spacial score (nSPS) is 10.0. The molecule has 1 heterocycles. The number of carbonyl (C=O) groups excluding carboxylic acids is 1. The number of thiazole rings is 1. The molecule has 0 atom stereocenters. The van der Waals surface area contributed by atoms with E-state index in [4.69, 9.17) is 10.5 Å². The SMILES string of the molecule is COCCCN(C)CCNC(=O)c1csc(CCN)n1.Cl.Cl. The lowest BCUT2D eigenvalue weighted by atomic mass is 10.4. The van der Waals surface area contributed by atoms with E-state index < -0.39 is 0 Å². The van der Waals surface area contributed by atoms with Crippen molar-refractivity contribution in [1.29, 1.82) is 0 Å². The zero-order valence-electron chi connectivity index (χ0n) is 13.0. The molecule has 0 unspecified atom stereocenters. The number of nitrogens with one attached hydrogen (secondary N) is 1. The van der Waals surface area contributed by atoms with Crippen molar-refractivity contribution in [2.45, 2.75) is 12.8 Å². The molecule has 0 saturated carbocycles. The lowest BCUT2D eigenvalue weighted by molar-refractivity contribution is 0.0944. The molecule has 1 rings (SSSR count). The van der Waals surface area contributed by atoms with Gasteiger partial charge in [0.1, 0.15) is 5.69 Å². The highest BCUT2D eigenvalue weighted by atomic mass is 35.5. The summed E-state index contributed by atoms with van der Waals surface area (Å²) in [6.07, 6.45) is 1.72. The fourth-order valence-corrected chi connectivity index (χ4v) is 2.49. The summed E-state index contributed by atoms with van der Waals surface area (Å²) in [6.45, 7) is 3.71. The topological polar surface area (TPSA) is 80.5 Å². The minimum absolute atomic E-state index is 0. The van der Waals surface area contributed by atoms with E-state index in [2.05, 4.69) is 15.2 Å². The third-order valence-corrected chi connectivity index (χ3v) is 3.72. The van der Waals surface area contributed by atoms with E-state index >= 15 is 0 Å². The van der Waals surface area contributed by atoms with Crippen molar-refractivity contribution < 1.29 is 9.53 Å². The van der Waals surface area contributed by atoms with E-state index in [-0.39, 0.29) is 30.7 Å². The molecule has 1 amide bonds. The van der Waals surface area contributed by atoms with Gasteiger partial charge in [-0.3, -0.25) is 4.79 Å². The summed E-state index contributed by atoms with van der Waals surface area (Å²) in [5, 5.41) is 5.57. The number of nitrogens with zero attached hydrogens (tertiary/aromatic N) is 2. The van der Waals surface area contributed by atoms with Crippen LogP contribution in [-0.4, -0.2) is 62.7 Å². The molecule has 0 aliphatic heterocycles. The van der Waals surface area contributed by atoms with Crippen molar-refractivity contribution in [3.63, 3.8) is 0 Å². The Morgan fingerprint density at radius 1 is 1.45 bits per heavy atom. The van der Waals surface area contributed by atoms with E-state index in [1.807, 2.05) is 7.05 Å². The van der Waals surface area contributed by atoms with Crippen LogP contribution < -0.4 is 11.1 Å². The highest BCUT2D eigenvalue weighted by Gasteiger charge is 2.10. The molecule has 1 aromatic heterocycles. The molecular formula is C13H26Cl2N4O2S. The second-order valence-electron chi connectivity index (χ2n) is 4.57. The standard InChI is InChI=1S/C13H24N4O2S.2ClH/c1-17(7-3-9-19-2)8-6-15-13(18)11-10-20-12(16-11)4-5-14;;/h10H,3-9,14H2,1-2H3,(H,15,18);2*1H. The fraction of sp³-hybridized carbons (Fsp3) is 0.692. The monoisotopic (exact) mass is 372 g/mol. The van der Waals surface area contributed by atoms with Crippen LogP contribution in [0.3, 0.4) is 0 Å². The van der Waals surface area contributed by atoms with Crippen LogP contribution >= 0.6 is 36.2 Å². The number of methoxy groups -OCH3 is 1. The molecular weight excluding hydrogens is 347 g/mol. The van der Waals surface area contributed by atoms with Gasteiger partial charge in [0.05, 0.1) is 5.01 Å². The predicted molar refractivity (Wildman–Crippen MR) is 95.7 cm³/mol. The van der Waals surface area contributed by atoms with Crippen molar-refractivity contribution in [1.82, 2.24) is 15.2 Å².